The molecule has 0 bridgehead atoms. The Balaban J connectivity index is 0.00000225. The molecule has 0 saturated carbocycles. The van der Waals surface area contributed by atoms with Gasteiger partial charge in [-0.2, -0.15) is 5.26 Å². The highest BCUT2D eigenvalue weighted by atomic mass is 35.5. The van der Waals surface area contributed by atoms with Crippen molar-refractivity contribution < 1.29 is 8.42 Å². The summed E-state index contributed by atoms with van der Waals surface area (Å²) < 4.78 is 24.2. The van der Waals surface area contributed by atoms with Gasteiger partial charge in [0.15, 0.2) is 9.84 Å². The Labute approximate surface area is 153 Å². The Kier molecular flexibility index (Phi) is 5.95. The predicted molar refractivity (Wildman–Crippen MR) is 97.6 cm³/mol. The Morgan fingerprint density at radius 3 is 2.40 bits per heavy atom. The minimum absolute atomic E-state index is 0. The maximum atomic E-state index is 12.1. The molecule has 1 aromatic heterocycles. The van der Waals surface area contributed by atoms with Crippen LogP contribution < -0.4 is 10.2 Å². The first-order valence-electron chi connectivity index (χ1n) is 7.52. The lowest BCUT2D eigenvalue weighted by atomic mass is 10.1. The number of aromatic nitrogens is 2. The molecule has 1 aromatic carbocycles. The van der Waals surface area contributed by atoms with Crippen LogP contribution >= 0.6 is 12.4 Å². The van der Waals surface area contributed by atoms with Gasteiger partial charge in [0.05, 0.1) is 23.5 Å². The van der Waals surface area contributed by atoms with Crippen molar-refractivity contribution in [2.75, 3.05) is 37.3 Å². The summed E-state index contributed by atoms with van der Waals surface area (Å²) in [6.45, 7) is 3.21. The fraction of sp³-hybridized carbons (Fsp3) is 0.312. The summed E-state index contributed by atoms with van der Waals surface area (Å²) in [7, 11) is -3.47. The van der Waals surface area contributed by atoms with E-state index in [0.717, 1.165) is 32.4 Å². The van der Waals surface area contributed by atoms with Crippen LogP contribution in [0.1, 0.15) is 5.56 Å². The summed E-state index contributed by atoms with van der Waals surface area (Å²) in [5, 5.41) is 12.2. The first-order valence-corrected chi connectivity index (χ1v) is 9.41. The van der Waals surface area contributed by atoms with Crippen molar-refractivity contribution >= 4 is 28.2 Å². The molecule has 1 fully saturated rings. The van der Waals surface area contributed by atoms with Gasteiger partial charge in [0, 0.05) is 38.0 Å². The second-order valence-electron chi connectivity index (χ2n) is 5.58. The fourth-order valence-electron chi connectivity index (χ4n) is 2.56. The van der Waals surface area contributed by atoms with Gasteiger partial charge in [0.2, 0.25) is 5.95 Å². The molecular weight excluding hydrogens is 362 g/mol. The van der Waals surface area contributed by atoms with E-state index in [2.05, 4.69) is 15.3 Å². The molecule has 7 nitrogen and oxygen atoms in total. The SMILES string of the molecule is CS(=O)(=O)c1cnc(N2CCNCC2)nc1-c1ccc(C#N)cc1.Cl. The summed E-state index contributed by atoms with van der Waals surface area (Å²) in [6, 6.07) is 8.75. The lowest BCUT2D eigenvalue weighted by Crippen LogP contribution is -2.44. The third-order valence-corrected chi connectivity index (χ3v) is 4.93. The van der Waals surface area contributed by atoms with Crippen LogP contribution in [-0.2, 0) is 9.84 Å². The van der Waals surface area contributed by atoms with Crippen LogP contribution in [0, 0.1) is 11.3 Å². The molecule has 0 aliphatic carbocycles. The van der Waals surface area contributed by atoms with Gasteiger partial charge in [-0.25, -0.2) is 18.4 Å². The minimum Gasteiger partial charge on any atom is -0.338 e. The van der Waals surface area contributed by atoms with Crippen molar-refractivity contribution in [2.45, 2.75) is 4.90 Å². The van der Waals surface area contributed by atoms with E-state index in [4.69, 9.17) is 5.26 Å². The van der Waals surface area contributed by atoms with Crippen LogP contribution in [-0.4, -0.2) is 50.8 Å². The number of hydrogen-bond donors (Lipinski definition) is 1. The molecule has 1 aliphatic heterocycles. The number of rotatable bonds is 3. The molecule has 2 heterocycles. The quantitative estimate of drug-likeness (QED) is 0.856. The number of halogens is 1. The zero-order valence-corrected chi connectivity index (χ0v) is 15.3. The third kappa shape index (κ3) is 4.25. The van der Waals surface area contributed by atoms with Crippen molar-refractivity contribution in [1.82, 2.24) is 15.3 Å². The summed E-state index contributed by atoms with van der Waals surface area (Å²) in [5.74, 6) is 0.517. The monoisotopic (exact) mass is 379 g/mol. The van der Waals surface area contributed by atoms with Crippen molar-refractivity contribution in [3.63, 3.8) is 0 Å². The molecule has 132 valence electrons. The van der Waals surface area contributed by atoms with E-state index in [1.54, 1.807) is 24.3 Å². The first kappa shape index (κ1) is 19.1. The Bertz CT molecular complexity index is 888. The maximum absolute atomic E-state index is 12.1. The zero-order chi connectivity index (χ0) is 17.2. The zero-order valence-electron chi connectivity index (χ0n) is 13.6. The van der Waals surface area contributed by atoms with E-state index in [1.165, 1.54) is 6.20 Å². The normalized spacial score (nSPS) is 14.5. The second kappa shape index (κ2) is 7.78. The van der Waals surface area contributed by atoms with Gasteiger partial charge in [0.1, 0.15) is 4.90 Å². The largest absolute Gasteiger partial charge is 0.338 e. The Hall–Kier alpha value is -2.21. The second-order valence-corrected chi connectivity index (χ2v) is 7.57. The smallest absolute Gasteiger partial charge is 0.226 e. The van der Waals surface area contributed by atoms with E-state index in [9.17, 15) is 8.42 Å². The third-order valence-electron chi connectivity index (χ3n) is 3.83. The van der Waals surface area contributed by atoms with E-state index in [-0.39, 0.29) is 17.3 Å². The van der Waals surface area contributed by atoms with Crippen molar-refractivity contribution in [3.8, 4) is 17.3 Å². The number of piperazine rings is 1. The van der Waals surface area contributed by atoms with Crippen LogP contribution in [0.15, 0.2) is 35.4 Å². The van der Waals surface area contributed by atoms with E-state index < -0.39 is 9.84 Å². The van der Waals surface area contributed by atoms with Crippen LogP contribution in [0.25, 0.3) is 11.3 Å². The molecule has 0 amide bonds. The Morgan fingerprint density at radius 1 is 1.20 bits per heavy atom. The number of benzene rings is 1. The topological polar surface area (TPSA) is 99.0 Å². The van der Waals surface area contributed by atoms with Crippen molar-refractivity contribution in [3.05, 3.63) is 36.0 Å². The lowest BCUT2D eigenvalue weighted by Gasteiger charge is -2.27. The molecule has 2 aromatic rings. The summed E-state index contributed by atoms with van der Waals surface area (Å²) in [4.78, 5) is 10.9. The predicted octanol–water partition coefficient (Wildman–Crippen LogP) is 1.25. The molecule has 0 radical (unpaired) electrons. The van der Waals surface area contributed by atoms with Gasteiger partial charge >= 0.3 is 0 Å². The molecule has 0 spiro atoms. The number of anilines is 1. The molecule has 0 unspecified atom stereocenters. The number of hydrogen-bond acceptors (Lipinski definition) is 7. The number of nitrogens with one attached hydrogen (secondary N) is 1. The standard InChI is InChI=1S/C16H17N5O2S.ClH/c1-24(22,23)14-11-19-16(21-8-6-18-7-9-21)20-15(14)13-4-2-12(10-17)3-5-13;/h2-5,11,18H,6-9H2,1H3;1H. The van der Waals surface area contributed by atoms with E-state index in [0.29, 0.717) is 22.8 Å². The molecule has 1 aliphatic rings. The van der Waals surface area contributed by atoms with Crippen LogP contribution in [0.5, 0.6) is 0 Å². The highest BCUT2D eigenvalue weighted by molar-refractivity contribution is 7.90. The average Bonchev–Trinajstić information content (AvgIpc) is 2.61. The van der Waals surface area contributed by atoms with Gasteiger partial charge in [-0.15, -0.1) is 12.4 Å². The van der Waals surface area contributed by atoms with Gasteiger partial charge in [-0.05, 0) is 12.1 Å². The number of sulfone groups is 1. The summed E-state index contributed by atoms with van der Waals surface area (Å²) in [5.41, 5.74) is 1.52. The van der Waals surface area contributed by atoms with Gasteiger partial charge in [-0.1, -0.05) is 12.1 Å². The van der Waals surface area contributed by atoms with Crippen molar-refractivity contribution in [1.29, 1.82) is 5.26 Å². The molecule has 9 heteroatoms. The van der Waals surface area contributed by atoms with Crippen LogP contribution in [0.4, 0.5) is 5.95 Å². The lowest BCUT2D eigenvalue weighted by molar-refractivity contribution is 0.578. The maximum Gasteiger partial charge on any atom is 0.226 e. The number of nitriles is 1. The molecule has 25 heavy (non-hydrogen) atoms. The molecule has 0 atom stereocenters. The number of nitrogens with zero attached hydrogens (tertiary/aromatic N) is 4. The summed E-state index contributed by atoms with van der Waals surface area (Å²) in [6.07, 6.45) is 2.51. The van der Waals surface area contributed by atoms with E-state index >= 15 is 0 Å². The first-order chi connectivity index (χ1) is 11.5. The van der Waals surface area contributed by atoms with Gasteiger partial charge in [-0.3, -0.25) is 0 Å². The fourth-order valence-corrected chi connectivity index (χ4v) is 3.32. The highest BCUT2D eigenvalue weighted by Crippen LogP contribution is 2.27. The van der Waals surface area contributed by atoms with Crippen molar-refractivity contribution in [2.24, 2.45) is 0 Å². The van der Waals surface area contributed by atoms with Crippen LogP contribution in [0.3, 0.4) is 0 Å². The Morgan fingerprint density at radius 2 is 1.84 bits per heavy atom. The molecule has 1 N–H and O–H groups in total. The molecule has 3 rings (SSSR count). The van der Waals surface area contributed by atoms with Gasteiger partial charge < -0.3 is 10.2 Å². The summed E-state index contributed by atoms with van der Waals surface area (Å²) >= 11 is 0. The van der Waals surface area contributed by atoms with Crippen LogP contribution in [0.2, 0.25) is 0 Å². The highest BCUT2D eigenvalue weighted by Gasteiger charge is 2.21. The van der Waals surface area contributed by atoms with E-state index in [1.807, 2.05) is 11.0 Å². The minimum atomic E-state index is -3.47. The molecule has 1 saturated heterocycles. The average molecular weight is 380 g/mol. The van der Waals surface area contributed by atoms with Gasteiger partial charge in [0.25, 0.3) is 0 Å². The molecular formula is C16H18ClN5O2S.